The Morgan fingerprint density at radius 2 is 2.24 bits per heavy atom. The third-order valence-corrected chi connectivity index (χ3v) is 3.07. The first-order valence-electron chi connectivity index (χ1n) is 5.45. The van der Waals surface area contributed by atoms with Crippen LogP contribution < -0.4 is 0 Å². The first-order chi connectivity index (χ1) is 8.06. The summed E-state index contributed by atoms with van der Waals surface area (Å²) in [5.74, 6) is -0.844. The molecule has 92 valence electrons. The van der Waals surface area contributed by atoms with Crippen LogP contribution in [0.1, 0.15) is 40.9 Å². The summed E-state index contributed by atoms with van der Waals surface area (Å²) >= 11 is 0. The minimum atomic E-state index is -1.05. The number of hydrogen-bond acceptors (Lipinski definition) is 4. The molecule has 1 aromatic heterocycles. The summed E-state index contributed by atoms with van der Waals surface area (Å²) in [6.45, 7) is 1.71. The molecule has 0 spiro atoms. The Hall–Kier alpha value is -1.85. The van der Waals surface area contributed by atoms with Crippen LogP contribution in [0.4, 0.5) is 0 Å². The van der Waals surface area contributed by atoms with Crippen LogP contribution >= 0.6 is 0 Å². The number of fused-ring (bicyclic) bond motifs is 1. The first kappa shape index (κ1) is 11.6. The molecule has 0 bridgehead atoms. The number of rotatable bonds is 2. The van der Waals surface area contributed by atoms with E-state index in [0.29, 0.717) is 24.4 Å². The molecule has 1 aliphatic rings. The number of carbonyl (C=O) groups excluding carboxylic acids is 1. The highest BCUT2D eigenvalue weighted by Gasteiger charge is 2.32. The second-order valence-electron chi connectivity index (χ2n) is 4.06. The number of aromatic nitrogens is 2. The van der Waals surface area contributed by atoms with Crippen molar-refractivity contribution < 1.29 is 19.4 Å². The van der Waals surface area contributed by atoms with E-state index in [4.69, 9.17) is 9.84 Å². The van der Waals surface area contributed by atoms with Gasteiger partial charge in [-0.1, -0.05) is 0 Å². The van der Waals surface area contributed by atoms with Crippen LogP contribution in [-0.4, -0.2) is 33.7 Å². The van der Waals surface area contributed by atoms with Gasteiger partial charge in [0, 0.05) is 0 Å². The maximum atomic E-state index is 11.6. The van der Waals surface area contributed by atoms with Gasteiger partial charge in [0.2, 0.25) is 0 Å². The predicted molar refractivity (Wildman–Crippen MR) is 57.9 cm³/mol. The number of aromatic carboxylic acids is 1. The number of hydrogen-bond donors (Lipinski definition) is 1. The zero-order valence-electron chi connectivity index (χ0n) is 9.77. The number of carboxylic acid groups (broad SMARTS) is 1. The van der Waals surface area contributed by atoms with Crippen LogP contribution in [0.3, 0.4) is 0 Å². The Labute approximate surface area is 98.2 Å². The molecule has 1 aromatic rings. The van der Waals surface area contributed by atoms with Gasteiger partial charge in [-0.3, -0.25) is 0 Å². The van der Waals surface area contributed by atoms with Gasteiger partial charge < -0.3 is 14.4 Å². The van der Waals surface area contributed by atoms with E-state index in [1.165, 1.54) is 7.11 Å². The molecule has 1 N–H and O–H groups in total. The van der Waals surface area contributed by atoms with Crippen molar-refractivity contribution in [1.29, 1.82) is 0 Å². The average Bonchev–Trinajstić information content (AvgIpc) is 2.66. The van der Waals surface area contributed by atoms with Gasteiger partial charge in [-0.2, -0.15) is 0 Å². The van der Waals surface area contributed by atoms with Crippen molar-refractivity contribution in [1.82, 2.24) is 9.55 Å². The minimum absolute atomic E-state index is 0.0519. The molecule has 0 aromatic carbocycles. The van der Waals surface area contributed by atoms with Crippen LogP contribution in [0.5, 0.6) is 0 Å². The second-order valence-corrected chi connectivity index (χ2v) is 4.06. The summed E-state index contributed by atoms with van der Waals surface area (Å²) in [7, 11) is 1.33. The van der Waals surface area contributed by atoms with Crippen LogP contribution in [0, 0.1) is 6.92 Å². The molecular weight excluding hydrogens is 224 g/mol. The van der Waals surface area contributed by atoms with Crippen molar-refractivity contribution >= 4 is 11.9 Å². The Morgan fingerprint density at radius 3 is 2.82 bits per heavy atom. The summed E-state index contributed by atoms with van der Waals surface area (Å²) < 4.78 is 6.43. The van der Waals surface area contributed by atoms with Gasteiger partial charge in [-0.25, -0.2) is 14.6 Å². The number of esters is 1. The molecule has 1 aliphatic heterocycles. The monoisotopic (exact) mass is 238 g/mol. The molecule has 6 heteroatoms. The standard InChI is InChI=1S/C11H14N2O4/c1-6-12-9(10(14)15)7-4-3-5-8(13(6)7)11(16)17-2/h8H,3-5H2,1-2H3,(H,14,15). The topological polar surface area (TPSA) is 81.4 Å². The van der Waals surface area contributed by atoms with Gasteiger partial charge in [-0.15, -0.1) is 0 Å². The lowest BCUT2D eigenvalue weighted by molar-refractivity contribution is -0.145. The lowest BCUT2D eigenvalue weighted by Crippen LogP contribution is -2.27. The second kappa shape index (κ2) is 4.20. The Morgan fingerprint density at radius 1 is 1.53 bits per heavy atom. The van der Waals surface area contributed by atoms with Crippen molar-refractivity contribution in [3.8, 4) is 0 Å². The fourth-order valence-electron chi connectivity index (χ4n) is 2.36. The predicted octanol–water partition coefficient (Wildman–Crippen LogP) is 0.940. The largest absolute Gasteiger partial charge is 0.476 e. The molecule has 1 atom stereocenters. The summed E-state index contributed by atoms with van der Waals surface area (Å²) in [6, 6.07) is -0.440. The van der Waals surface area contributed by atoms with E-state index in [9.17, 15) is 9.59 Å². The molecule has 0 aliphatic carbocycles. The van der Waals surface area contributed by atoms with E-state index in [1.807, 2.05) is 0 Å². The number of imidazole rings is 1. The Balaban J connectivity index is 2.52. The molecule has 0 fully saturated rings. The van der Waals surface area contributed by atoms with Crippen molar-refractivity contribution in [2.75, 3.05) is 7.11 Å². The quantitative estimate of drug-likeness (QED) is 0.775. The maximum absolute atomic E-state index is 11.6. The summed E-state index contributed by atoms with van der Waals surface area (Å²) in [5.41, 5.74) is 0.674. The van der Waals surface area contributed by atoms with E-state index in [-0.39, 0.29) is 11.7 Å². The lowest BCUT2D eigenvalue weighted by atomic mass is 10.0. The molecule has 0 saturated heterocycles. The maximum Gasteiger partial charge on any atom is 0.356 e. The summed E-state index contributed by atoms with van der Waals surface area (Å²) in [4.78, 5) is 26.7. The molecular formula is C11H14N2O4. The molecule has 2 rings (SSSR count). The highest BCUT2D eigenvalue weighted by atomic mass is 16.5. The number of ether oxygens (including phenoxy) is 1. The van der Waals surface area contributed by atoms with E-state index >= 15 is 0 Å². The van der Waals surface area contributed by atoms with E-state index in [2.05, 4.69) is 4.98 Å². The third-order valence-electron chi connectivity index (χ3n) is 3.07. The van der Waals surface area contributed by atoms with Gasteiger partial charge in [0.25, 0.3) is 0 Å². The summed E-state index contributed by atoms with van der Waals surface area (Å²) in [6.07, 6.45) is 2.07. The SMILES string of the molecule is COC(=O)C1CCCc2c(C(=O)O)nc(C)n21. The van der Waals surface area contributed by atoms with Gasteiger partial charge in [-0.05, 0) is 26.2 Å². The number of carboxylic acids is 1. The number of nitrogens with zero attached hydrogens (tertiary/aromatic N) is 2. The zero-order valence-corrected chi connectivity index (χ0v) is 9.77. The van der Waals surface area contributed by atoms with E-state index in [1.54, 1.807) is 11.5 Å². The van der Waals surface area contributed by atoms with Crippen molar-refractivity contribution in [2.45, 2.75) is 32.2 Å². The van der Waals surface area contributed by atoms with Crippen LogP contribution in [0.2, 0.25) is 0 Å². The van der Waals surface area contributed by atoms with Crippen LogP contribution in [0.25, 0.3) is 0 Å². The smallest absolute Gasteiger partial charge is 0.356 e. The van der Waals surface area contributed by atoms with E-state index < -0.39 is 12.0 Å². The fraction of sp³-hybridized carbons (Fsp3) is 0.545. The number of carbonyl (C=O) groups is 2. The highest BCUT2D eigenvalue weighted by Crippen LogP contribution is 2.29. The highest BCUT2D eigenvalue weighted by molar-refractivity contribution is 5.87. The normalized spacial score (nSPS) is 18.6. The Bertz CT molecular complexity index is 478. The third kappa shape index (κ3) is 1.79. The van der Waals surface area contributed by atoms with Gasteiger partial charge in [0.15, 0.2) is 5.69 Å². The van der Waals surface area contributed by atoms with Gasteiger partial charge in [0.05, 0.1) is 12.8 Å². The van der Waals surface area contributed by atoms with E-state index in [0.717, 1.165) is 6.42 Å². The average molecular weight is 238 g/mol. The van der Waals surface area contributed by atoms with Gasteiger partial charge >= 0.3 is 11.9 Å². The van der Waals surface area contributed by atoms with Crippen molar-refractivity contribution in [2.24, 2.45) is 0 Å². The minimum Gasteiger partial charge on any atom is -0.476 e. The molecule has 0 saturated carbocycles. The molecule has 0 amide bonds. The molecule has 17 heavy (non-hydrogen) atoms. The fourth-order valence-corrected chi connectivity index (χ4v) is 2.36. The number of aryl methyl sites for hydroxylation is 1. The van der Waals surface area contributed by atoms with Crippen LogP contribution in [-0.2, 0) is 16.0 Å². The summed E-state index contributed by atoms with van der Waals surface area (Å²) in [5, 5.41) is 9.04. The lowest BCUT2D eigenvalue weighted by Gasteiger charge is -2.24. The van der Waals surface area contributed by atoms with Gasteiger partial charge in [0.1, 0.15) is 11.9 Å². The van der Waals surface area contributed by atoms with Crippen molar-refractivity contribution in [3.63, 3.8) is 0 Å². The molecule has 0 radical (unpaired) electrons. The molecule has 2 heterocycles. The van der Waals surface area contributed by atoms with Crippen LogP contribution in [0.15, 0.2) is 0 Å². The Kier molecular flexibility index (Phi) is 2.87. The molecule has 6 nitrogen and oxygen atoms in total. The zero-order chi connectivity index (χ0) is 12.6. The van der Waals surface area contributed by atoms with Crippen molar-refractivity contribution in [3.05, 3.63) is 17.2 Å². The first-order valence-corrected chi connectivity index (χ1v) is 5.45. The number of methoxy groups -OCH3 is 1. The molecule has 1 unspecified atom stereocenters.